The van der Waals surface area contributed by atoms with Gasteiger partial charge in [0.1, 0.15) is 0 Å². The number of ether oxygens (including phenoxy) is 1. The summed E-state index contributed by atoms with van der Waals surface area (Å²) in [7, 11) is 0. The van der Waals surface area contributed by atoms with Crippen molar-refractivity contribution in [1.82, 2.24) is 10.2 Å². The molecule has 1 aliphatic rings. The van der Waals surface area contributed by atoms with E-state index in [0.29, 0.717) is 0 Å². The minimum Gasteiger partial charge on any atom is -0.379 e. The second-order valence-corrected chi connectivity index (χ2v) is 4.36. The maximum atomic E-state index is 10.9. The van der Waals surface area contributed by atoms with Crippen molar-refractivity contribution in [3.8, 4) is 0 Å². The van der Waals surface area contributed by atoms with Gasteiger partial charge in [0.15, 0.2) is 0 Å². The maximum absolute atomic E-state index is 10.9. The summed E-state index contributed by atoms with van der Waals surface area (Å²) in [6.45, 7) is 10.2. The number of morpholine rings is 1. The molecule has 0 aromatic heterocycles. The molecule has 4 heteroatoms. The number of nitrogens with one attached hydrogen (secondary N) is 1. The van der Waals surface area contributed by atoms with E-state index in [-0.39, 0.29) is 11.4 Å². The number of carbonyl (C=O) groups is 1. The zero-order chi connectivity index (χ0) is 11.3. The molecule has 4 nitrogen and oxygen atoms in total. The molecular weight excluding hydrogens is 192 g/mol. The minimum atomic E-state index is 0.0444. The predicted octanol–water partition coefficient (Wildman–Crippen LogP) is 0.623. The van der Waals surface area contributed by atoms with Crippen LogP contribution in [0, 0.1) is 0 Å². The van der Waals surface area contributed by atoms with Crippen LogP contribution in [0.15, 0.2) is 0 Å². The van der Waals surface area contributed by atoms with Gasteiger partial charge in [0.05, 0.1) is 13.2 Å². The van der Waals surface area contributed by atoms with Crippen molar-refractivity contribution >= 4 is 5.91 Å². The first-order chi connectivity index (χ1) is 7.08. The van der Waals surface area contributed by atoms with Gasteiger partial charge in [0.2, 0.25) is 5.91 Å². The standard InChI is InChI=1S/C11H22N2O2/c1-4-11(3,9-12-10(2)14)13-5-7-15-8-6-13/h4-9H2,1-3H3,(H,12,14)/t11-/m1/s1. The largest absolute Gasteiger partial charge is 0.379 e. The zero-order valence-corrected chi connectivity index (χ0v) is 10.0. The molecule has 0 aliphatic carbocycles. The normalized spacial score (nSPS) is 22.1. The molecule has 0 bridgehead atoms. The number of hydrogen-bond donors (Lipinski definition) is 1. The summed E-state index contributed by atoms with van der Waals surface area (Å²) in [5.41, 5.74) is 0.0649. The van der Waals surface area contributed by atoms with E-state index in [1.165, 1.54) is 0 Å². The Morgan fingerprint density at radius 1 is 1.47 bits per heavy atom. The van der Waals surface area contributed by atoms with Crippen LogP contribution in [0.5, 0.6) is 0 Å². The van der Waals surface area contributed by atoms with Gasteiger partial charge in [-0.05, 0) is 13.3 Å². The second kappa shape index (κ2) is 5.47. The molecule has 1 saturated heterocycles. The van der Waals surface area contributed by atoms with Crippen molar-refractivity contribution in [1.29, 1.82) is 0 Å². The molecule has 0 aromatic carbocycles. The molecule has 1 amide bonds. The third-order valence-corrected chi connectivity index (χ3v) is 3.25. The van der Waals surface area contributed by atoms with Gasteiger partial charge < -0.3 is 10.1 Å². The van der Waals surface area contributed by atoms with E-state index in [1.807, 2.05) is 0 Å². The van der Waals surface area contributed by atoms with Crippen LogP contribution in [-0.2, 0) is 9.53 Å². The molecule has 1 rings (SSSR count). The number of hydrogen-bond acceptors (Lipinski definition) is 3. The van der Waals surface area contributed by atoms with E-state index in [2.05, 4.69) is 24.1 Å². The molecule has 0 radical (unpaired) electrons. The number of nitrogens with zero attached hydrogens (tertiary/aromatic N) is 1. The van der Waals surface area contributed by atoms with E-state index in [1.54, 1.807) is 6.92 Å². The van der Waals surface area contributed by atoms with E-state index < -0.39 is 0 Å². The highest BCUT2D eigenvalue weighted by atomic mass is 16.5. The summed E-state index contributed by atoms with van der Waals surface area (Å²) < 4.78 is 5.34. The van der Waals surface area contributed by atoms with E-state index in [4.69, 9.17) is 4.74 Å². The summed E-state index contributed by atoms with van der Waals surface area (Å²) in [6, 6.07) is 0. The fraction of sp³-hybridized carbons (Fsp3) is 0.909. The average Bonchev–Trinajstić information content (AvgIpc) is 2.27. The summed E-state index contributed by atoms with van der Waals surface area (Å²) in [5.74, 6) is 0.0444. The first-order valence-electron chi connectivity index (χ1n) is 5.66. The van der Waals surface area contributed by atoms with Crippen LogP contribution < -0.4 is 5.32 Å². The first-order valence-corrected chi connectivity index (χ1v) is 5.66. The lowest BCUT2D eigenvalue weighted by molar-refractivity contribution is -0.119. The molecule has 0 saturated carbocycles. The third kappa shape index (κ3) is 3.47. The summed E-state index contributed by atoms with van der Waals surface area (Å²) in [5, 5.41) is 2.91. The van der Waals surface area contributed by atoms with Crippen LogP contribution in [0.3, 0.4) is 0 Å². The SMILES string of the molecule is CC[C@](C)(CNC(C)=O)N1CCOCC1. The Hall–Kier alpha value is -0.610. The lowest BCUT2D eigenvalue weighted by Gasteiger charge is -2.42. The van der Waals surface area contributed by atoms with Gasteiger partial charge in [-0.25, -0.2) is 0 Å². The van der Waals surface area contributed by atoms with E-state index >= 15 is 0 Å². The Balaban J connectivity index is 2.52. The molecule has 0 aromatic rings. The molecule has 15 heavy (non-hydrogen) atoms. The Morgan fingerprint density at radius 2 is 2.07 bits per heavy atom. The molecule has 0 spiro atoms. The van der Waals surface area contributed by atoms with Crippen molar-refractivity contribution in [2.24, 2.45) is 0 Å². The molecule has 1 N–H and O–H groups in total. The van der Waals surface area contributed by atoms with Crippen LogP contribution >= 0.6 is 0 Å². The monoisotopic (exact) mass is 214 g/mol. The molecule has 1 heterocycles. The van der Waals surface area contributed by atoms with Crippen LogP contribution in [0.4, 0.5) is 0 Å². The van der Waals surface area contributed by atoms with E-state index in [9.17, 15) is 4.79 Å². The Morgan fingerprint density at radius 3 is 2.53 bits per heavy atom. The van der Waals surface area contributed by atoms with Gasteiger partial charge in [0, 0.05) is 32.1 Å². The number of carbonyl (C=O) groups excluding carboxylic acids is 1. The van der Waals surface area contributed by atoms with Gasteiger partial charge in [-0.2, -0.15) is 0 Å². The Labute approximate surface area is 92.0 Å². The zero-order valence-electron chi connectivity index (χ0n) is 10.0. The van der Waals surface area contributed by atoms with Crippen LogP contribution in [-0.4, -0.2) is 49.2 Å². The highest BCUT2D eigenvalue weighted by molar-refractivity contribution is 5.72. The Bertz CT molecular complexity index is 215. The van der Waals surface area contributed by atoms with Crippen molar-refractivity contribution in [3.05, 3.63) is 0 Å². The van der Waals surface area contributed by atoms with Gasteiger partial charge in [-0.1, -0.05) is 6.92 Å². The third-order valence-electron chi connectivity index (χ3n) is 3.25. The van der Waals surface area contributed by atoms with Crippen molar-refractivity contribution < 1.29 is 9.53 Å². The highest BCUT2D eigenvalue weighted by Crippen LogP contribution is 2.19. The van der Waals surface area contributed by atoms with Gasteiger partial charge >= 0.3 is 0 Å². The maximum Gasteiger partial charge on any atom is 0.216 e. The molecular formula is C11H22N2O2. The molecule has 1 fully saturated rings. The topological polar surface area (TPSA) is 41.6 Å². The van der Waals surface area contributed by atoms with Crippen molar-refractivity contribution in [2.45, 2.75) is 32.7 Å². The fourth-order valence-corrected chi connectivity index (χ4v) is 1.88. The summed E-state index contributed by atoms with van der Waals surface area (Å²) >= 11 is 0. The predicted molar refractivity (Wildman–Crippen MR) is 59.8 cm³/mol. The summed E-state index contributed by atoms with van der Waals surface area (Å²) in [6.07, 6.45) is 1.03. The summed E-state index contributed by atoms with van der Waals surface area (Å²) in [4.78, 5) is 13.3. The minimum absolute atomic E-state index is 0.0444. The van der Waals surface area contributed by atoms with Crippen LogP contribution in [0.25, 0.3) is 0 Å². The second-order valence-electron chi connectivity index (χ2n) is 4.36. The van der Waals surface area contributed by atoms with Crippen molar-refractivity contribution in [2.75, 3.05) is 32.8 Å². The van der Waals surface area contributed by atoms with Crippen LogP contribution in [0.1, 0.15) is 27.2 Å². The van der Waals surface area contributed by atoms with E-state index in [0.717, 1.165) is 39.3 Å². The Kier molecular flexibility index (Phi) is 4.54. The molecule has 88 valence electrons. The molecule has 1 atom stereocenters. The molecule has 0 unspecified atom stereocenters. The fourth-order valence-electron chi connectivity index (χ4n) is 1.88. The van der Waals surface area contributed by atoms with Crippen LogP contribution in [0.2, 0.25) is 0 Å². The average molecular weight is 214 g/mol. The number of rotatable bonds is 4. The highest BCUT2D eigenvalue weighted by Gasteiger charge is 2.31. The van der Waals surface area contributed by atoms with Gasteiger partial charge in [0.25, 0.3) is 0 Å². The first kappa shape index (κ1) is 12.5. The molecule has 1 aliphatic heterocycles. The lowest BCUT2D eigenvalue weighted by atomic mass is 9.95. The van der Waals surface area contributed by atoms with Gasteiger partial charge in [-0.3, -0.25) is 9.69 Å². The smallest absolute Gasteiger partial charge is 0.216 e. The van der Waals surface area contributed by atoms with Crippen molar-refractivity contribution in [3.63, 3.8) is 0 Å². The quantitative estimate of drug-likeness (QED) is 0.746. The number of amides is 1. The lowest BCUT2D eigenvalue weighted by Crippen LogP contribution is -2.56. The van der Waals surface area contributed by atoms with Gasteiger partial charge in [-0.15, -0.1) is 0 Å².